The third-order valence-corrected chi connectivity index (χ3v) is 3.32. The fourth-order valence-electron chi connectivity index (χ4n) is 2.33. The minimum atomic E-state index is 0.679. The fourth-order valence-corrected chi connectivity index (χ4v) is 2.33. The SMILES string of the molecule is CC1=NC=CCC1CN1CCCCC1. The molecule has 0 amide bonds. The molecule has 2 aliphatic rings. The molecule has 1 atom stereocenters. The molecule has 2 nitrogen and oxygen atoms in total. The smallest absolute Gasteiger partial charge is 0.0227 e. The summed E-state index contributed by atoms with van der Waals surface area (Å²) >= 11 is 0. The van der Waals surface area contributed by atoms with Gasteiger partial charge in [-0.2, -0.15) is 0 Å². The van der Waals surface area contributed by atoms with Crippen molar-refractivity contribution >= 4 is 5.71 Å². The Bertz CT molecular complexity index is 237. The minimum absolute atomic E-state index is 0.679. The van der Waals surface area contributed by atoms with Crippen molar-refractivity contribution in [3.05, 3.63) is 12.3 Å². The lowest BCUT2D eigenvalue weighted by molar-refractivity contribution is 0.213. The Labute approximate surface area is 86.7 Å². The maximum atomic E-state index is 4.39. The highest BCUT2D eigenvalue weighted by Gasteiger charge is 2.18. The summed E-state index contributed by atoms with van der Waals surface area (Å²) in [5, 5.41) is 0. The zero-order valence-electron chi connectivity index (χ0n) is 9.08. The number of hydrogen-bond donors (Lipinski definition) is 0. The predicted octanol–water partition coefficient (Wildman–Crippen LogP) is 2.47. The van der Waals surface area contributed by atoms with Crippen LogP contribution < -0.4 is 0 Å². The Hall–Kier alpha value is -0.630. The van der Waals surface area contributed by atoms with Crippen LogP contribution in [0.2, 0.25) is 0 Å². The van der Waals surface area contributed by atoms with Crippen LogP contribution in [0.1, 0.15) is 32.6 Å². The van der Waals surface area contributed by atoms with Gasteiger partial charge in [0, 0.05) is 24.4 Å². The van der Waals surface area contributed by atoms with Crippen molar-refractivity contribution < 1.29 is 0 Å². The number of nitrogens with zero attached hydrogens (tertiary/aromatic N) is 2. The van der Waals surface area contributed by atoms with E-state index in [9.17, 15) is 0 Å². The van der Waals surface area contributed by atoms with Gasteiger partial charge in [-0.3, -0.25) is 4.99 Å². The van der Waals surface area contributed by atoms with E-state index in [2.05, 4.69) is 22.9 Å². The van der Waals surface area contributed by atoms with Crippen molar-refractivity contribution in [3.63, 3.8) is 0 Å². The van der Waals surface area contributed by atoms with Crippen LogP contribution in [0.15, 0.2) is 17.3 Å². The van der Waals surface area contributed by atoms with Crippen molar-refractivity contribution in [2.75, 3.05) is 19.6 Å². The summed E-state index contributed by atoms with van der Waals surface area (Å²) in [7, 11) is 0. The predicted molar refractivity (Wildman–Crippen MR) is 60.6 cm³/mol. The van der Waals surface area contributed by atoms with E-state index in [1.54, 1.807) is 0 Å². The summed E-state index contributed by atoms with van der Waals surface area (Å²) in [5.74, 6) is 0.679. The van der Waals surface area contributed by atoms with Crippen LogP contribution in [-0.2, 0) is 0 Å². The molecular formula is C12H20N2. The molecule has 0 spiro atoms. The van der Waals surface area contributed by atoms with Gasteiger partial charge in [0.25, 0.3) is 0 Å². The van der Waals surface area contributed by atoms with Crippen molar-refractivity contribution in [2.24, 2.45) is 10.9 Å². The van der Waals surface area contributed by atoms with Gasteiger partial charge in [-0.05, 0) is 39.3 Å². The average molecular weight is 192 g/mol. The van der Waals surface area contributed by atoms with Crippen LogP contribution in [0.3, 0.4) is 0 Å². The molecule has 2 heterocycles. The third-order valence-electron chi connectivity index (χ3n) is 3.32. The van der Waals surface area contributed by atoms with Crippen molar-refractivity contribution in [3.8, 4) is 0 Å². The van der Waals surface area contributed by atoms with Crippen molar-refractivity contribution in [2.45, 2.75) is 32.6 Å². The fraction of sp³-hybridized carbons (Fsp3) is 0.750. The van der Waals surface area contributed by atoms with E-state index in [0.29, 0.717) is 5.92 Å². The molecule has 14 heavy (non-hydrogen) atoms. The molecular weight excluding hydrogens is 172 g/mol. The Morgan fingerprint density at radius 3 is 2.86 bits per heavy atom. The standard InChI is InChI=1S/C12H20N2/c1-11-12(6-5-7-13-11)10-14-8-3-2-4-9-14/h5,7,12H,2-4,6,8-10H2,1H3. The first-order chi connectivity index (χ1) is 6.86. The maximum Gasteiger partial charge on any atom is 0.0227 e. The highest BCUT2D eigenvalue weighted by atomic mass is 15.1. The summed E-state index contributed by atoms with van der Waals surface area (Å²) < 4.78 is 0. The molecule has 2 rings (SSSR count). The summed E-state index contributed by atoms with van der Waals surface area (Å²) in [6.07, 6.45) is 9.53. The number of allylic oxidation sites excluding steroid dienone is 1. The molecule has 0 radical (unpaired) electrons. The zero-order chi connectivity index (χ0) is 9.80. The van der Waals surface area contributed by atoms with Gasteiger partial charge >= 0.3 is 0 Å². The first-order valence-electron chi connectivity index (χ1n) is 5.78. The monoisotopic (exact) mass is 192 g/mol. The van der Waals surface area contributed by atoms with Gasteiger partial charge in [-0.25, -0.2) is 0 Å². The number of rotatable bonds is 2. The van der Waals surface area contributed by atoms with E-state index in [1.165, 1.54) is 51.0 Å². The van der Waals surface area contributed by atoms with E-state index < -0.39 is 0 Å². The zero-order valence-corrected chi connectivity index (χ0v) is 9.08. The van der Waals surface area contributed by atoms with E-state index in [-0.39, 0.29) is 0 Å². The molecule has 0 bridgehead atoms. The number of aliphatic imine (C=N–C) groups is 1. The second-order valence-electron chi connectivity index (χ2n) is 4.45. The number of likely N-dealkylation sites (tertiary alicyclic amines) is 1. The van der Waals surface area contributed by atoms with Gasteiger partial charge < -0.3 is 4.90 Å². The van der Waals surface area contributed by atoms with Gasteiger partial charge in [0.05, 0.1) is 0 Å². The van der Waals surface area contributed by atoms with Crippen molar-refractivity contribution in [1.29, 1.82) is 0 Å². The Kier molecular flexibility index (Phi) is 3.35. The van der Waals surface area contributed by atoms with Gasteiger partial charge in [0.2, 0.25) is 0 Å². The Morgan fingerprint density at radius 2 is 2.14 bits per heavy atom. The Balaban J connectivity index is 1.84. The van der Waals surface area contributed by atoms with Crippen LogP contribution in [0.4, 0.5) is 0 Å². The molecule has 1 unspecified atom stereocenters. The van der Waals surface area contributed by atoms with Crippen LogP contribution in [0.5, 0.6) is 0 Å². The van der Waals surface area contributed by atoms with Crippen LogP contribution >= 0.6 is 0 Å². The van der Waals surface area contributed by atoms with E-state index in [0.717, 1.165) is 0 Å². The second kappa shape index (κ2) is 4.74. The molecule has 0 aromatic heterocycles. The first kappa shape index (κ1) is 9.91. The molecule has 1 saturated heterocycles. The quantitative estimate of drug-likeness (QED) is 0.656. The van der Waals surface area contributed by atoms with Gasteiger partial charge in [0.1, 0.15) is 0 Å². The molecule has 0 aromatic carbocycles. The summed E-state index contributed by atoms with van der Waals surface area (Å²) in [6.45, 7) is 5.98. The molecule has 2 heteroatoms. The van der Waals surface area contributed by atoms with E-state index >= 15 is 0 Å². The van der Waals surface area contributed by atoms with Crippen LogP contribution in [-0.4, -0.2) is 30.2 Å². The van der Waals surface area contributed by atoms with Crippen molar-refractivity contribution in [1.82, 2.24) is 4.90 Å². The molecule has 2 aliphatic heterocycles. The summed E-state index contributed by atoms with van der Waals surface area (Å²) in [5.41, 5.74) is 1.32. The molecule has 0 saturated carbocycles. The minimum Gasteiger partial charge on any atom is -0.303 e. The number of hydrogen-bond acceptors (Lipinski definition) is 2. The highest BCUT2D eigenvalue weighted by Crippen LogP contribution is 2.17. The summed E-state index contributed by atoms with van der Waals surface area (Å²) in [4.78, 5) is 6.99. The third kappa shape index (κ3) is 2.44. The Morgan fingerprint density at radius 1 is 1.36 bits per heavy atom. The second-order valence-corrected chi connectivity index (χ2v) is 4.45. The normalized spacial score (nSPS) is 28.9. The van der Waals surface area contributed by atoms with Gasteiger partial charge in [0.15, 0.2) is 0 Å². The lowest BCUT2D eigenvalue weighted by Crippen LogP contribution is -2.36. The molecule has 0 aromatic rings. The molecule has 0 N–H and O–H groups in total. The van der Waals surface area contributed by atoms with Crippen LogP contribution in [0.25, 0.3) is 0 Å². The molecule has 0 aliphatic carbocycles. The largest absolute Gasteiger partial charge is 0.303 e. The maximum absolute atomic E-state index is 4.39. The molecule has 78 valence electrons. The molecule has 1 fully saturated rings. The summed E-state index contributed by atoms with van der Waals surface area (Å²) in [6, 6.07) is 0. The van der Waals surface area contributed by atoms with E-state index in [4.69, 9.17) is 0 Å². The lowest BCUT2D eigenvalue weighted by Gasteiger charge is -2.30. The first-order valence-corrected chi connectivity index (χ1v) is 5.78. The lowest BCUT2D eigenvalue weighted by atomic mass is 9.97. The topological polar surface area (TPSA) is 15.6 Å². The van der Waals surface area contributed by atoms with Gasteiger partial charge in [-0.1, -0.05) is 12.5 Å². The number of piperidine rings is 1. The average Bonchev–Trinajstić information content (AvgIpc) is 2.23. The van der Waals surface area contributed by atoms with Gasteiger partial charge in [-0.15, -0.1) is 0 Å². The highest BCUT2D eigenvalue weighted by molar-refractivity contribution is 5.85. The van der Waals surface area contributed by atoms with E-state index in [1.807, 2.05) is 6.20 Å². The van der Waals surface area contributed by atoms with Crippen LogP contribution in [0, 0.1) is 5.92 Å².